The van der Waals surface area contributed by atoms with Crippen LogP contribution in [0.1, 0.15) is 38.5 Å². The second-order valence-corrected chi connectivity index (χ2v) is 4.77. The predicted octanol–water partition coefficient (Wildman–Crippen LogP) is 1.95. The molecule has 0 heterocycles. The van der Waals surface area contributed by atoms with E-state index in [1.165, 1.54) is 32.1 Å². The Balaban J connectivity index is 2.02. The van der Waals surface area contributed by atoms with Gasteiger partial charge in [-0.2, -0.15) is 0 Å². The Labute approximate surface area is 67.8 Å². The van der Waals surface area contributed by atoms with Crippen molar-refractivity contribution in [2.45, 2.75) is 44.6 Å². The highest BCUT2D eigenvalue weighted by Crippen LogP contribution is 2.65. The third-order valence-corrected chi connectivity index (χ3v) is 4.68. The Morgan fingerprint density at radius 2 is 1.73 bits per heavy atom. The minimum atomic E-state index is 0.0694. The summed E-state index contributed by atoms with van der Waals surface area (Å²) in [6, 6.07) is 0. The van der Waals surface area contributed by atoms with Gasteiger partial charge in [-0.25, -0.2) is 0 Å². The highest BCUT2D eigenvalue weighted by molar-refractivity contribution is 5.09. The molecule has 2 bridgehead atoms. The van der Waals surface area contributed by atoms with Crippen molar-refractivity contribution in [2.75, 3.05) is 0 Å². The number of rotatable bonds is 0. The zero-order valence-corrected chi connectivity index (χ0v) is 6.92. The first-order chi connectivity index (χ1) is 5.33. The van der Waals surface area contributed by atoms with Gasteiger partial charge >= 0.3 is 0 Å². The zero-order chi connectivity index (χ0) is 7.47. The van der Waals surface area contributed by atoms with Crippen molar-refractivity contribution in [1.82, 2.24) is 0 Å². The van der Waals surface area contributed by atoms with E-state index in [1.54, 1.807) is 0 Å². The fourth-order valence-electron chi connectivity index (χ4n) is 4.15. The molecule has 0 aromatic heterocycles. The molecule has 1 N–H and O–H groups in total. The van der Waals surface area contributed by atoms with Crippen LogP contribution in [0.15, 0.2) is 0 Å². The average molecular weight is 152 g/mol. The van der Waals surface area contributed by atoms with Gasteiger partial charge < -0.3 is 5.11 Å². The molecule has 0 radical (unpaired) electrons. The van der Waals surface area contributed by atoms with Crippen LogP contribution in [0.4, 0.5) is 0 Å². The Bertz CT molecular complexity index is 179. The normalized spacial score (nSPS) is 60.3. The molecule has 1 nitrogen and oxygen atoms in total. The van der Waals surface area contributed by atoms with Crippen LogP contribution in [-0.4, -0.2) is 11.2 Å². The largest absolute Gasteiger partial charge is 0.393 e. The summed E-state index contributed by atoms with van der Waals surface area (Å²) in [5.41, 5.74) is 0.435. The van der Waals surface area contributed by atoms with Crippen LogP contribution in [0.25, 0.3) is 0 Å². The van der Waals surface area contributed by atoms with Crippen LogP contribution in [0.3, 0.4) is 0 Å². The lowest BCUT2D eigenvalue weighted by atomic mass is 9.79. The Morgan fingerprint density at radius 3 is 2.36 bits per heavy atom. The molecular weight excluding hydrogens is 136 g/mol. The maximum absolute atomic E-state index is 9.88. The molecule has 0 aliphatic heterocycles. The van der Waals surface area contributed by atoms with Crippen LogP contribution in [0, 0.1) is 17.3 Å². The third-order valence-electron chi connectivity index (χ3n) is 4.68. The second kappa shape index (κ2) is 1.82. The van der Waals surface area contributed by atoms with Gasteiger partial charge in [0.2, 0.25) is 0 Å². The maximum Gasteiger partial charge on any atom is 0.0599 e. The molecule has 0 unspecified atom stereocenters. The van der Waals surface area contributed by atoms with Crippen molar-refractivity contribution < 1.29 is 5.11 Å². The van der Waals surface area contributed by atoms with Crippen molar-refractivity contribution in [3.63, 3.8) is 0 Å². The lowest BCUT2D eigenvalue weighted by Crippen LogP contribution is -2.29. The van der Waals surface area contributed by atoms with E-state index in [0.717, 1.165) is 18.3 Å². The van der Waals surface area contributed by atoms with E-state index >= 15 is 0 Å². The molecule has 3 fully saturated rings. The van der Waals surface area contributed by atoms with Gasteiger partial charge in [0.05, 0.1) is 6.10 Å². The first-order valence-corrected chi connectivity index (χ1v) is 5.01. The van der Waals surface area contributed by atoms with Crippen LogP contribution in [0.2, 0.25) is 0 Å². The van der Waals surface area contributed by atoms with Crippen molar-refractivity contribution in [3.05, 3.63) is 0 Å². The molecule has 3 saturated carbocycles. The van der Waals surface area contributed by atoms with Crippen LogP contribution < -0.4 is 0 Å². The summed E-state index contributed by atoms with van der Waals surface area (Å²) in [6.45, 7) is 0. The fraction of sp³-hybridized carbons (Fsp3) is 1.00. The summed E-state index contributed by atoms with van der Waals surface area (Å²) in [7, 11) is 0. The highest BCUT2D eigenvalue weighted by Gasteiger charge is 2.59. The Kier molecular flexibility index (Phi) is 1.07. The molecule has 2 atom stereocenters. The van der Waals surface area contributed by atoms with E-state index in [9.17, 15) is 5.11 Å². The quantitative estimate of drug-likeness (QED) is 0.562. The number of hydrogen-bond donors (Lipinski definition) is 1. The van der Waals surface area contributed by atoms with Crippen molar-refractivity contribution >= 4 is 0 Å². The van der Waals surface area contributed by atoms with E-state index in [2.05, 4.69) is 0 Å². The maximum atomic E-state index is 9.88. The third kappa shape index (κ3) is 0.581. The zero-order valence-electron chi connectivity index (χ0n) is 6.92. The standard InChI is InChI=1S/C10H16O/c11-9-2-1-8-7-3-5-10(8,9)6-4-7/h7-9,11H,1-6H2/t7?,8-,9+,10?/m0/s1. The van der Waals surface area contributed by atoms with E-state index < -0.39 is 0 Å². The van der Waals surface area contributed by atoms with Gasteiger partial charge in [-0.1, -0.05) is 0 Å². The summed E-state index contributed by atoms with van der Waals surface area (Å²) in [4.78, 5) is 0. The van der Waals surface area contributed by atoms with Crippen molar-refractivity contribution in [3.8, 4) is 0 Å². The molecule has 0 aromatic rings. The number of aliphatic hydroxyl groups is 1. The lowest BCUT2D eigenvalue weighted by Gasteiger charge is -2.29. The van der Waals surface area contributed by atoms with Gasteiger partial charge in [-0.05, 0) is 55.8 Å². The second-order valence-electron chi connectivity index (χ2n) is 4.77. The van der Waals surface area contributed by atoms with E-state index in [-0.39, 0.29) is 6.10 Å². The summed E-state index contributed by atoms with van der Waals surface area (Å²) in [6.07, 6.45) is 8.00. The van der Waals surface area contributed by atoms with Gasteiger partial charge in [0.1, 0.15) is 0 Å². The van der Waals surface area contributed by atoms with Crippen molar-refractivity contribution in [1.29, 1.82) is 0 Å². The molecule has 0 amide bonds. The van der Waals surface area contributed by atoms with Crippen LogP contribution in [-0.2, 0) is 0 Å². The molecule has 0 aromatic carbocycles. The van der Waals surface area contributed by atoms with Crippen molar-refractivity contribution in [2.24, 2.45) is 17.3 Å². The topological polar surface area (TPSA) is 20.2 Å². The fourth-order valence-corrected chi connectivity index (χ4v) is 4.15. The Morgan fingerprint density at radius 1 is 1.00 bits per heavy atom. The number of hydrogen-bond acceptors (Lipinski definition) is 1. The molecule has 0 spiro atoms. The summed E-state index contributed by atoms with van der Waals surface area (Å²) in [5, 5.41) is 9.88. The minimum Gasteiger partial charge on any atom is -0.393 e. The van der Waals surface area contributed by atoms with E-state index in [1.807, 2.05) is 0 Å². The smallest absolute Gasteiger partial charge is 0.0599 e. The minimum absolute atomic E-state index is 0.0694. The summed E-state index contributed by atoms with van der Waals surface area (Å²) in [5.74, 6) is 1.93. The highest BCUT2D eigenvalue weighted by atomic mass is 16.3. The summed E-state index contributed by atoms with van der Waals surface area (Å²) >= 11 is 0. The van der Waals surface area contributed by atoms with Gasteiger partial charge in [-0.3, -0.25) is 0 Å². The van der Waals surface area contributed by atoms with Gasteiger partial charge in [0, 0.05) is 0 Å². The van der Waals surface area contributed by atoms with Crippen LogP contribution in [0.5, 0.6) is 0 Å². The Hall–Kier alpha value is -0.0400. The monoisotopic (exact) mass is 152 g/mol. The molecule has 62 valence electrons. The van der Waals surface area contributed by atoms with Crippen LogP contribution >= 0.6 is 0 Å². The molecule has 3 rings (SSSR count). The van der Waals surface area contributed by atoms with E-state index in [4.69, 9.17) is 0 Å². The predicted molar refractivity (Wildman–Crippen MR) is 43.1 cm³/mol. The molecule has 3 aliphatic carbocycles. The molecule has 11 heavy (non-hydrogen) atoms. The average Bonchev–Trinajstić information content (AvgIpc) is 2.61. The SMILES string of the molecule is O[C@@H]1CC[C@H]2C3CCC12CC3. The summed E-state index contributed by atoms with van der Waals surface area (Å²) < 4.78 is 0. The molecule has 1 heteroatoms. The van der Waals surface area contributed by atoms with Gasteiger partial charge in [0.25, 0.3) is 0 Å². The van der Waals surface area contributed by atoms with E-state index in [0.29, 0.717) is 5.41 Å². The first kappa shape index (κ1) is 6.47. The molecular formula is C10H16O. The van der Waals surface area contributed by atoms with Gasteiger partial charge in [-0.15, -0.1) is 0 Å². The number of aliphatic hydroxyl groups excluding tert-OH is 1. The lowest BCUT2D eigenvalue weighted by molar-refractivity contribution is 0.0434. The van der Waals surface area contributed by atoms with Gasteiger partial charge in [0.15, 0.2) is 0 Å². The molecule has 0 saturated heterocycles. The first-order valence-electron chi connectivity index (χ1n) is 5.01. The molecule has 3 aliphatic rings.